The van der Waals surface area contributed by atoms with E-state index in [1.54, 1.807) is 0 Å². The van der Waals surface area contributed by atoms with Crippen molar-refractivity contribution in [3.8, 4) is 0 Å². The molecule has 0 aromatic rings. The Balaban J connectivity index is 1.95. The zero-order valence-electron chi connectivity index (χ0n) is 9.37. The van der Waals surface area contributed by atoms with Crippen LogP contribution >= 0.6 is 0 Å². The summed E-state index contributed by atoms with van der Waals surface area (Å²) in [6, 6.07) is 0.381. The maximum atomic E-state index is 12.1. The lowest BCUT2D eigenvalue weighted by molar-refractivity contribution is -0.142. The van der Waals surface area contributed by atoms with Crippen molar-refractivity contribution in [2.24, 2.45) is 0 Å². The second-order valence-corrected chi connectivity index (χ2v) is 4.27. The van der Waals surface area contributed by atoms with Crippen molar-refractivity contribution < 1.29 is 9.53 Å². The number of rotatable bonds is 3. The van der Waals surface area contributed by atoms with E-state index in [1.807, 2.05) is 11.8 Å². The highest BCUT2D eigenvalue weighted by atomic mass is 16.5. The average molecular weight is 212 g/mol. The van der Waals surface area contributed by atoms with Crippen molar-refractivity contribution in [1.29, 1.82) is 0 Å². The third-order valence-corrected chi connectivity index (χ3v) is 3.30. The number of ether oxygens (including phenoxy) is 1. The third-order valence-electron chi connectivity index (χ3n) is 3.30. The minimum atomic E-state index is -0.162. The maximum absolute atomic E-state index is 12.1. The topological polar surface area (TPSA) is 41.6 Å². The van der Waals surface area contributed by atoms with Crippen LogP contribution in [0.25, 0.3) is 0 Å². The molecule has 2 heterocycles. The molecule has 86 valence electrons. The van der Waals surface area contributed by atoms with Crippen molar-refractivity contribution in [2.45, 2.75) is 38.3 Å². The van der Waals surface area contributed by atoms with E-state index in [-0.39, 0.29) is 12.0 Å². The molecular weight excluding hydrogens is 192 g/mol. The predicted molar refractivity (Wildman–Crippen MR) is 57.6 cm³/mol. The smallest absolute Gasteiger partial charge is 0.251 e. The molecule has 2 atom stereocenters. The van der Waals surface area contributed by atoms with Gasteiger partial charge in [0, 0.05) is 25.7 Å². The average Bonchev–Trinajstić information content (AvgIpc) is 2.91. The Morgan fingerprint density at radius 1 is 1.53 bits per heavy atom. The number of likely N-dealkylation sites (N-methyl/N-ethyl adjacent to an activating group) is 1. The first-order chi connectivity index (χ1) is 7.33. The number of carbonyl (C=O) groups excluding carboxylic acids is 1. The molecule has 2 aliphatic heterocycles. The quantitative estimate of drug-likeness (QED) is 0.735. The van der Waals surface area contributed by atoms with Gasteiger partial charge in [-0.05, 0) is 32.7 Å². The van der Waals surface area contributed by atoms with Gasteiger partial charge >= 0.3 is 0 Å². The van der Waals surface area contributed by atoms with Gasteiger partial charge in [0.2, 0.25) is 0 Å². The Labute approximate surface area is 91.0 Å². The molecule has 2 unspecified atom stereocenters. The lowest BCUT2D eigenvalue weighted by Crippen LogP contribution is -2.46. The van der Waals surface area contributed by atoms with Crippen molar-refractivity contribution in [3.05, 3.63) is 0 Å². The molecule has 0 radical (unpaired) electrons. The van der Waals surface area contributed by atoms with Gasteiger partial charge < -0.3 is 15.0 Å². The van der Waals surface area contributed by atoms with Crippen LogP contribution in [-0.2, 0) is 9.53 Å². The summed E-state index contributed by atoms with van der Waals surface area (Å²) in [6.07, 6.45) is 2.84. The van der Waals surface area contributed by atoms with E-state index in [9.17, 15) is 4.79 Å². The Bertz CT molecular complexity index is 221. The molecule has 4 nitrogen and oxygen atoms in total. The van der Waals surface area contributed by atoms with Gasteiger partial charge in [0.1, 0.15) is 6.10 Å². The van der Waals surface area contributed by atoms with E-state index in [4.69, 9.17) is 4.74 Å². The highest BCUT2D eigenvalue weighted by Crippen LogP contribution is 2.18. The minimum Gasteiger partial charge on any atom is -0.368 e. The molecule has 15 heavy (non-hydrogen) atoms. The van der Waals surface area contributed by atoms with E-state index in [0.717, 1.165) is 45.5 Å². The molecular formula is C11H20N2O2. The summed E-state index contributed by atoms with van der Waals surface area (Å²) < 4.78 is 5.45. The predicted octanol–water partition coefficient (Wildman–Crippen LogP) is 0.376. The highest BCUT2D eigenvalue weighted by Gasteiger charge is 2.32. The van der Waals surface area contributed by atoms with Gasteiger partial charge in [-0.25, -0.2) is 0 Å². The lowest BCUT2D eigenvalue weighted by atomic mass is 10.1. The van der Waals surface area contributed by atoms with Crippen molar-refractivity contribution >= 4 is 5.91 Å². The molecule has 1 amide bonds. The first-order valence-corrected chi connectivity index (χ1v) is 5.95. The summed E-state index contributed by atoms with van der Waals surface area (Å²) in [7, 11) is 0. The molecule has 0 bridgehead atoms. The zero-order valence-corrected chi connectivity index (χ0v) is 9.37. The van der Waals surface area contributed by atoms with Gasteiger partial charge in [0.05, 0.1) is 0 Å². The summed E-state index contributed by atoms with van der Waals surface area (Å²) in [5, 5.41) is 3.30. The number of nitrogens with zero attached hydrogens (tertiary/aromatic N) is 1. The van der Waals surface area contributed by atoms with Gasteiger partial charge in [-0.2, -0.15) is 0 Å². The summed E-state index contributed by atoms with van der Waals surface area (Å²) in [5.41, 5.74) is 0. The number of hydrogen-bond donors (Lipinski definition) is 1. The lowest BCUT2D eigenvalue weighted by Gasteiger charge is -2.29. The fraction of sp³-hybridized carbons (Fsp3) is 0.909. The summed E-state index contributed by atoms with van der Waals surface area (Å²) in [5.74, 6) is 0.198. The van der Waals surface area contributed by atoms with Crippen molar-refractivity contribution in [1.82, 2.24) is 10.2 Å². The standard InChI is InChI=1S/C11H20N2O2/c1-2-13(9-5-6-12-8-9)11(14)10-4-3-7-15-10/h9-10,12H,2-8H2,1H3. The largest absolute Gasteiger partial charge is 0.368 e. The molecule has 4 heteroatoms. The van der Waals surface area contributed by atoms with Crippen LogP contribution in [-0.4, -0.2) is 49.2 Å². The van der Waals surface area contributed by atoms with E-state index in [0.29, 0.717) is 6.04 Å². The molecule has 0 aromatic heterocycles. The van der Waals surface area contributed by atoms with Crippen LogP contribution in [0, 0.1) is 0 Å². The van der Waals surface area contributed by atoms with E-state index < -0.39 is 0 Å². The second kappa shape index (κ2) is 4.94. The molecule has 2 saturated heterocycles. The summed E-state index contributed by atoms with van der Waals surface area (Å²) >= 11 is 0. The van der Waals surface area contributed by atoms with Crippen molar-refractivity contribution in [2.75, 3.05) is 26.2 Å². The molecule has 0 aliphatic carbocycles. The number of amides is 1. The van der Waals surface area contributed by atoms with Crippen LogP contribution in [0.3, 0.4) is 0 Å². The molecule has 2 aliphatic rings. The molecule has 2 fully saturated rings. The SMILES string of the molecule is CCN(C(=O)C1CCCO1)C1CCNC1. The van der Waals surface area contributed by atoms with Crippen LogP contribution in [0.2, 0.25) is 0 Å². The van der Waals surface area contributed by atoms with Gasteiger partial charge in [-0.1, -0.05) is 0 Å². The van der Waals surface area contributed by atoms with Crippen LogP contribution in [0.15, 0.2) is 0 Å². The fourth-order valence-electron chi connectivity index (χ4n) is 2.46. The molecule has 0 spiro atoms. The van der Waals surface area contributed by atoms with Gasteiger partial charge in [0.25, 0.3) is 5.91 Å². The molecule has 1 N–H and O–H groups in total. The summed E-state index contributed by atoms with van der Waals surface area (Å²) in [4.78, 5) is 14.1. The summed E-state index contributed by atoms with van der Waals surface area (Å²) in [6.45, 7) is 5.55. The maximum Gasteiger partial charge on any atom is 0.251 e. The monoisotopic (exact) mass is 212 g/mol. The molecule has 2 rings (SSSR count). The van der Waals surface area contributed by atoms with Gasteiger partial charge in [-0.15, -0.1) is 0 Å². The Morgan fingerprint density at radius 2 is 2.40 bits per heavy atom. The Kier molecular flexibility index (Phi) is 3.59. The van der Waals surface area contributed by atoms with Crippen LogP contribution < -0.4 is 5.32 Å². The van der Waals surface area contributed by atoms with Gasteiger partial charge in [-0.3, -0.25) is 4.79 Å². The second-order valence-electron chi connectivity index (χ2n) is 4.27. The molecule has 0 aromatic carbocycles. The van der Waals surface area contributed by atoms with E-state index in [2.05, 4.69) is 5.32 Å². The van der Waals surface area contributed by atoms with Crippen LogP contribution in [0.4, 0.5) is 0 Å². The number of carbonyl (C=O) groups is 1. The van der Waals surface area contributed by atoms with Crippen molar-refractivity contribution in [3.63, 3.8) is 0 Å². The normalized spacial score (nSPS) is 30.7. The Hall–Kier alpha value is -0.610. The fourth-order valence-corrected chi connectivity index (χ4v) is 2.46. The number of nitrogens with one attached hydrogen (secondary N) is 1. The highest BCUT2D eigenvalue weighted by molar-refractivity contribution is 5.81. The minimum absolute atomic E-state index is 0.162. The van der Waals surface area contributed by atoms with E-state index in [1.165, 1.54) is 0 Å². The first kappa shape index (κ1) is 10.9. The van der Waals surface area contributed by atoms with Crippen LogP contribution in [0.1, 0.15) is 26.2 Å². The Morgan fingerprint density at radius 3 is 2.93 bits per heavy atom. The zero-order chi connectivity index (χ0) is 10.7. The van der Waals surface area contributed by atoms with Gasteiger partial charge in [0.15, 0.2) is 0 Å². The molecule has 0 saturated carbocycles. The number of hydrogen-bond acceptors (Lipinski definition) is 3. The van der Waals surface area contributed by atoms with E-state index >= 15 is 0 Å². The first-order valence-electron chi connectivity index (χ1n) is 5.95. The van der Waals surface area contributed by atoms with Crippen LogP contribution in [0.5, 0.6) is 0 Å². The third kappa shape index (κ3) is 2.32.